The van der Waals surface area contributed by atoms with Crippen LogP contribution in [-0.2, 0) is 6.18 Å². The van der Waals surface area contributed by atoms with E-state index in [0.717, 1.165) is 98.6 Å². The number of alkyl halides is 3. The lowest BCUT2D eigenvalue weighted by molar-refractivity contribution is -0.137. The smallest absolute Gasteiger partial charge is 0.310 e. The van der Waals surface area contributed by atoms with Gasteiger partial charge in [-0.3, -0.25) is 0 Å². The van der Waals surface area contributed by atoms with Gasteiger partial charge in [0, 0.05) is 71.3 Å². The Labute approximate surface area is 439 Å². The maximum atomic E-state index is 15.7. The van der Waals surface area contributed by atoms with Crippen LogP contribution in [0.4, 0.5) is 18.9 Å². The number of aryl methyl sites for hydroxylation is 1. The Balaban J connectivity index is 1.12. The van der Waals surface area contributed by atoms with E-state index in [1.165, 1.54) is 12.1 Å². The van der Waals surface area contributed by atoms with E-state index < -0.39 is 11.7 Å². The number of hydrogen-bond donors (Lipinski definition) is 0. The molecule has 0 aliphatic heterocycles. The number of para-hydroxylation sites is 6. The van der Waals surface area contributed by atoms with Gasteiger partial charge in [-0.2, -0.15) is 13.2 Å². The molecule has 0 radical (unpaired) electrons. The zero-order valence-electron chi connectivity index (χ0n) is 41.4. The summed E-state index contributed by atoms with van der Waals surface area (Å²) in [5.74, 6) is 0. The van der Waals surface area contributed by atoms with Crippen LogP contribution >= 0.6 is 0 Å². The summed E-state index contributed by atoms with van der Waals surface area (Å²) < 4.78 is 56.3. The van der Waals surface area contributed by atoms with Crippen LogP contribution in [0.15, 0.2) is 237 Å². The lowest BCUT2D eigenvalue weighted by atomic mass is 9.86. The molecule has 0 spiro atoms. The van der Waals surface area contributed by atoms with E-state index >= 15 is 13.2 Å². The first kappa shape index (κ1) is 44.4. The molecule has 11 aromatic carbocycles. The highest BCUT2D eigenvalue weighted by atomic mass is 19.4. The third-order valence-corrected chi connectivity index (χ3v) is 15.7. The predicted octanol–water partition coefficient (Wildman–Crippen LogP) is 19.3. The molecule has 0 saturated carbocycles. The fraction of sp³-hybridized carbons (Fsp3) is 0.0290. The van der Waals surface area contributed by atoms with Gasteiger partial charge in [-0.15, -0.1) is 0 Å². The molecule has 15 rings (SSSR count). The molecule has 5 nitrogen and oxygen atoms in total. The van der Waals surface area contributed by atoms with E-state index in [0.29, 0.717) is 39.3 Å². The molecule has 4 aromatic heterocycles. The summed E-state index contributed by atoms with van der Waals surface area (Å²) >= 11 is 0. The number of nitrogens with zero attached hydrogens (tertiary/aromatic N) is 5. The van der Waals surface area contributed by atoms with Crippen LogP contribution in [0.3, 0.4) is 0 Å². The summed E-state index contributed by atoms with van der Waals surface area (Å²) in [6.07, 6.45) is -4.70. The highest BCUT2D eigenvalue weighted by Gasteiger charge is 2.36. The molecule has 364 valence electrons. The Morgan fingerprint density at radius 1 is 0.338 bits per heavy atom. The summed E-state index contributed by atoms with van der Waals surface area (Å²) in [6, 6.07) is 78.8. The summed E-state index contributed by atoms with van der Waals surface area (Å²) in [4.78, 5) is 4.29. The standard InChI is InChI=1S/C69H42F3N5/c1-42-20-17-30-54(69(70,71)72)66(42)49-29-18-36-60(76-58-34-15-11-27-47(58)52-38-50-45-25-9-13-32-56(45)74(62(50)40-64(52)76)43-21-5-3-6-22-43)67(49)68-55(73-2)31-19-37-61(68)77-59-35-16-12-28-48(59)53-39-51-46-26-10-14-33-57(46)75(63(51)41-65(53)77)44-23-7-4-8-24-44/h3-41H,1H3. The fourth-order valence-electron chi connectivity index (χ4n) is 12.6. The SMILES string of the molecule is [C-]#[N+]c1cccc(-n2c3ccccc3c3cc4c5ccccc5n(-c5ccccc5)c4cc32)c1-c1c(-c2c(C)cccc2C(F)(F)F)cccc1-n1c2ccccc2c2cc3c4ccccc4n(-c4ccccc4)c3cc21. The Kier molecular flexibility index (Phi) is 9.63. The second-order valence-electron chi connectivity index (χ2n) is 19.8. The Bertz CT molecular complexity index is 4990. The molecular weight excluding hydrogens is 956 g/mol. The van der Waals surface area contributed by atoms with E-state index in [9.17, 15) is 0 Å². The van der Waals surface area contributed by atoms with Crippen molar-refractivity contribution in [3.63, 3.8) is 0 Å². The van der Waals surface area contributed by atoms with E-state index in [4.69, 9.17) is 6.57 Å². The molecule has 0 unspecified atom stereocenters. The van der Waals surface area contributed by atoms with Crippen molar-refractivity contribution in [1.29, 1.82) is 0 Å². The third-order valence-electron chi connectivity index (χ3n) is 15.7. The molecule has 0 amide bonds. The summed E-state index contributed by atoms with van der Waals surface area (Å²) in [6.45, 7) is 10.8. The van der Waals surface area contributed by atoms with Crippen molar-refractivity contribution in [3.05, 3.63) is 259 Å². The Morgan fingerprint density at radius 2 is 0.727 bits per heavy atom. The van der Waals surface area contributed by atoms with Gasteiger partial charge in [-0.25, -0.2) is 4.85 Å². The largest absolute Gasteiger partial charge is 0.417 e. The van der Waals surface area contributed by atoms with Gasteiger partial charge in [-0.05, 0) is 115 Å². The quantitative estimate of drug-likeness (QED) is 0.148. The van der Waals surface area contributed by atoms with Crippen LogP contribution < -0.4 is 0 Å². The summed E-state index contributed by atoms with van der Waals surface area (Å²) in [7, 11) is 0. The van der Waals surface area contributed by atoms with Crippen molar-refractivity contribution in [2.45, 2.75) is 13.1 Å². The predicted molar refractivity (Wildman–Crippen MR) is 311 cm³/mol. The van der Waals surface area contributed by atoms with Crippen molar-refractivity contribution >= 4 is 92.9 Å². The van der Waals surface area contributed by atoms with Gasteiger partial charge in [0.15, 0.2) is 5.69 Å². The van der Waals surface area contributed by atoms with Gasteiger partial charge in [0.05, 0.1) is 62.0 Å². The second kappa shape index (κ2) is 16.7. The fourth-order valence-corrected chi connectivity index (χ4v) is 12.6. The van der Waals surface area contributed by atoms with Gasteiger partial charge in [0.1, 0.15) is 0 Å². The average Bonchev–Trinajstić information content (AvgIpc) is 4.25. The number of halogens is 3. The van der Waals surface area contributed by atoms with Crippen molar-refractivity contribution in [2.24, 2.45) is 0 Å². The third kappa shape index (κ3) is 6.47. The molecule has 0 aliphatic rings. The Hall–Kier alpha value is -10.1. The van der Waals surface area contributed by atoms with Crippen LogP contribution in [0.5, 0.6) is 0 Å². The van der Waals surface area contributed by atoms with Crippen LogP contribution in [0.1, 0.15) is 11.1 Å². The van der Waals surface area contributed by atoms with Crippen LogP contribution in [0.2, 0.25) is 0 Å². The first-order chi connectivity index (χ1) is 37.8. The van der Waals surface area contributed by atoms with Crippen molar-refractivity contribution in [3.8, 4) is 45.0 Å². The van der Waals surface area contributed by atoms with Crippen molar-refractivity contribution in [1.82, 2.24) is 18.3 Å². The molecule has 0 aliphatic carbocycles. The molecule has 8 heteroatoms. The number of hydrogen-bond acceptors (Lipinski definition) is 0. The molecule has 4 heterocycles. The van der Waals surface area contributed by atoms with E-state index in [2.05, 4.69) is 144 Å². The van der Waals surface area contributed by atoms with E-state index in [-0.39, 0.29) is 5.56 Å². The highest BCUT2D eigenvalue weighted by Crippen LogP contribution is 2.52. The minimum Gasteiger partial charge on any atom is -0.310 e. The lowest BCUT2D eigenvalue weighted by Gasteiger charge is -2.25. The molecule has 0 bridgehead atoms. The maximum absolute atomic E-state index is 15.7. The average molecular weight is 998 g/mol. The normalized spacial score (nSPS) is 12.1. The molecular formula is C69H42F3N5. The zero-order chi connectivity index (χ0) is 51.7. The lowest BCUT2D eigenvalue weighted by Crippen LogP contribution is -2.10. The monoisotopic (exact) mass is 997 g/mol. The molecule has 0 saturated heterocycles. The van der Waals surface area contributed by atoms with E-state index in [1.54, 1.807) is 25.1 Å². The molecule has 15 aromatic rings. The number of aromatic nitrogens is 4. The molecule has 0 fully saturated rings. The van der Waals surface area contributed by atoms with Gasteiger partial charge >= 0.3 is 6.18 Å². The number of rotatable bonds is 6. The molecule has 0 atom stereocenters. The van der Waals surface area contributed by atoms with Crippen LogP contribution in [0.25, 0.3) is 137 Å². The van der Waals surface area contributed by atoms with Crippen molar-refractivity contribution < 1.29 is 13.2 Å². The first-order valence-corrected chi connectivity index (χ1v) is 25.6. The molecule has 0 N–H and O–H groups in total. The minimum absolute atomic E-state index is 0.0613. The zero-order valence-corrected chi connectivity index (χ0v) is 41.4. The first-order valence-electron chi connectivity index (χ1n) is 25.6. The van der Waals surface area contributed by atoms with Gasteiger partial charge < -0.3 is 18.3 Å². The molecule has 77 heavy (non-hydrogen) atoms. The van der Waals surface area contributed by atoms with Gasteiger partial charge in [0.2, 0.25) is 0 Å². The van der Waals surface area contributed by atoms with Gasteiger partial charge in [-0.1, -0.05) is 146 Å². The number of fused-ring (bicyclic) bond motifs is 12. The van der Waals surface area contributed by atoms with Crippen LogP contribution in [0, 0.1) is 13.5 Å². The summed E-state index contributed by atoms with van der Waals surface area (Å²) in [5.41, 5.74) is 12.4. The maximum Gasteiger partial charge on any atom is 0.417 e. The van der Waals surface area contributed by atoms with Crippen LogP contribution in [-0.4, -0.2) is 18.3 Å². The minimum atomic E-state index is -4.70. The van der Waals surface area contributed by atoms with E-state index in [1.807, 2.05) is 84.9 Å². The second-order valence-corrected chi connectivity index (χ2v) is 19.8. The summed E-state index contributed by atoms with van der Waals surface area (Å²) in [5, 5.41) is 8.39. The van der Waals surface area contributed by atoms with Crippen molar-refractivity contribution in [2.75, 3.05) is 0 Å². The highest BCUT2D eigenvalue weighted by molar-refractivity contribution is 6.22. The number of benzene rings is 11. The van der Waals surface area contributed by atoms with Gasteiger partial charge in [0.25, 0.3) is 0 Å². The Morgan fingerprint density at radius 3 is 1.18 bits per heavy atom. The topological polar surface area (TPSA) is 24.1 Å².